The standard InChI is InChI=1S/C32H39ClFN3O5/c1-29(2)41-27-8-21-20-6-23(34)22-7-24-19(14-36-37(24)15-18-5-17(11-33)12-35-13-18)9-30(22,3)28(20)25(39)10-31(21,4)32(27,42-29)26(40)16-38/h5,7,12-14,20-21,23,25,27-28,38-39H,6,8-11,15-16H2,1-4H3/t20-,21-,23-,25-,27+,28+,30-,31-,32+/m0/s1. The van der Waals surface area contributed by atoms with Gasteiger partial charge in [-0.05, 0) is 91.7 Å². The predicted molar refractivity (Wildman–Crippen MR) is 153 cm³/mol. The molecule has 1 aliphatic heterocycles. The van der Waals surface area contributed by atoms with E-state index in [0.717, 1.165) is 22.4 Å². The maximum Gasteiger partial charge on any atom is 0.193 e. The zero-order chi connectivity index (χ0) is 29.8. The number of alkyl halides is 2. The summed E-state index contributed by atoms with van der Waals surface area (Å²) >= 11 is 6.01. The van der Waals surface area contributed by atoms with Gasteiger partial charge in [0.25, 0.3) is 0 Å². The highest BCUT2D eigenvalue weighted by atomic mass is 35.5. The van der Waals surface area contributed by atoms with Crippen molar-refractivity contribution in [2.45, 2.75) is 95.6 Å². The van der Waals surface area contributed by atoms with Gasteiger partial charge in [0.1, 0.15) is 12.8 Å². The Morgan fingerprint density at radius 1 is 1.19 bits per heavy atom. The van der Waals surface area contributed by atoms with Crippen LogP contribution in [-0.2, 0) is 33.1 Å². The van der Waals surface area contributed by atoms with E-state index in [1.807, 2.05) is 29.9 Å². The lowest BCUT2D eigenvalue weighted by Crippen LogP contribution is -2.65. The van der Waals surface area contributed by atoms with Crippen LogP contribution in [0, 0.1) is 28.6 Å². The van der Waals surface area contributed by atoms with Crippen LogP contribution in [0.3, 0.4) is 0 Å². The first kappa shape index (κ1) is 28.6. The number of ether oxygens (including phenoxy) is 2. The number of rotatable bonds is 5. The van der Waals surface area contributed by atoms with Crippen LogP contribution in [0.5, 0.6) is 0 Å². The number of Topliss-reactive ketones (excluding diaryl/α,β-unsaturated/α-hetero) is 1. The van der Waals surface area contributed by atoms with Crippen molar-refractivity contribution in [1.82, 2.24) is 14.8 Å². The number of carbonyl (C=O) groups excluding carboxylic acids is 1. The first-order valence-electron chi connectivity index (χ1n) is 15.0. The summed E-state index contributed by atoms with van der Waals surface area (Å²) in [6, 6.07) is 2.01. The highest BCUT2D eigenvalue weighted by molar-refractivity contribution is 6.17. The van der Waals surface area contributed by atoms with Crippen LogP contribution < -0.4 is 0 Å². The molecule has 4 fully saturated rings. The molecule has 1 saturated heterocycles. The number of pyridine rings is 1. The zero-order valence-electron chi connectivity index (χ0n) is 24.5. The molecule has 10 heteroatoms. The number of hydrogen-bond donors (Lipinski definition) is 2. The molecule has 7 rings (SSSR count). The van der Waals surface area contributed by atoms with E-state index >= 15 is 4.39 Å². The molecule has 0 radical (unpaired) electrons. The summed E-state index contributed by atoms with van der Waals surface area (Å²) in [7, 11) is 0. The number of carbonyl (C=O) groups is 1. The van der Waals surface area contributed by atoms with E-state index < -0.39 is 53.0 Å². The van der Waals surface area contributed by atoms with Crippen LogP contribution in [0.1, 0.15) is 69.3 Å². The van der Waals surface area contributed by atoms with E-state index in [0.29, 0.717) is 37.3 Å². The smallest absolute Gasteiger partial charge is 0.193 e. The second-order valence-electron chi connectivity index (χ2n) is 14.1. The minimum Gasteiger partial charge on any atom is -0.393 e. The lowest BCUT2D eigenvalue weighted by atomic mass is 9.45. The van der Waals surface area contributed by atoms with Crippen molar-refractivity contribution >= 4 is 23.5 Å². The number of allylic oxidation sites excluding steroid dienone is 1. The van der Waals surface area contributed by atoms with Gasteiger partial charge in [0, 0.05) is 29.1 Å². The number of halogens is 2. The molecule has 2 N–H and O–H groups in total. The average molecular weight is 600 g/mol. The van der Waals surface area contributed by atoms with Crippen LogP contribution in [0.4, 0.5) is 4.39 Å². The maximum atomic E-state index is 16.5. The van der Waals surface area contributed by atoms with Crippen molar-refractivity contribution in [3.63, 3.8) is 0 Å². The Bertz CT molecular complexity index is 1480. The molecular formula is C32H39ClFN3O5. The van der Waals surface area contributed by atoms with Gasteiger partial charge in [-0.3, -0.25) is 14.5 Å². The number of fused-ring (bicyclic) bond motifs is 8. The molecule has 0 aromatic carbocycles. The highest BCUT2D eigenvalue weighted by Crippen LogP contribution is 2.71. The first-order chi connectivity index (χ1) is 19.9. The first-order valence-corrected chi connectivity index (χ1v) is 15.5. The molecule has 0 spiro atoms. The summed E-state index contributed by atoms with van der Waals surface area (Å²) in [5.41, 5.74) is 1.73. The Morgan fingerprint density at radius 2 is 1.95 bits per heavy atom. The number of nitrogens with zero attached hydrogens (tertiary/aromatic N) is 3. The number of aromatic nitrogens is 3. The van der Waals surface area contributed by atoms with Crippen molar-refractivity contribution in [2.75, 3.05) is 6.61 Å². The second kappa shape index (κ2) is 9.41. The fraction of sp³-hybridized carbons (Fsp3) is 0.656. The van der Waals surface area contributed by atoms with Crippen molar-refractivity contribution in [3.05, 3.63) is 52.6 Å². The monoisotopic (exact) mass is 599 g/mol. The molecule has 0 amide bonds. The van der Waals surface area contributed by atoms with Crippen molar-refractivity contribution in [1.29, 1.82) is 0 Å². The summed E-state index contributed by atoms with van der Waals surface area (Å²) in [5, 5.41) is 26.7. The fourth-order valence-corrected chi connectivity index (χ4v) is 10.1. The number of aliphatic hydroxyl groups excluding tert-OH is 2. The lowest BCUT2D eigenvalue weighted by Gasteiger charge is -2.61. The van der Waals surface area contributed by atoms with E-state index in [2.05, 4.69) is 17.0 Å². The van der Waals surface area contributed by atoms with Gasteiger partial charge < -0.3 is 19.7 Å². The van der Waals surface area contributed by atoms with Gasteiger partial charge in [-0.25, -0.2) is 4.39 Å². The van der Waals surface area contributed by atoms with Gasteiger partial charge in [0.15, 0.2) is 17.2 Å². The highest BCUT2D eigenvalue weighted by Gasteiger charge is 2.77. The molecule has 2 aromatic heterocycles. The van der Waals surface area contributed by atoms with Crippen molar-refractivity contribution in [3.8, 4) is 0 Å². The van der Waals surface area contributed by atoms with E-state index in [9.17, 15) is 15.0 Å². The van der Waals surface area contributed by atoms with Crippen LogP contribution >= 0.6 is 11.6 Å². The van der Waals surface area contributed by atoms with Gasteiger partial charge >= 0.3 is 0 Å². The third-order valence-electron chi connectivity index (χ3n) is 11.4. The molecule has 0 bridgehead atoms. The number of ketones is 1. The van der Waals surface area contributed by atoms with Crippen molar-refractivity contribution in [2.24, 2.45) is 28.6 Å². The molecule has 3 heterocycles. The molecule has 2 aromatic rings. The summed E-state index contributed by atoms with van der Waals surface area (Å²) in [4.78, 5) is 17.7. The molecular weight excluding hydrogens is 561 g/mol. The number of aliphatic hydroxyl groups is 2. The van der Waals surface area contributed by atoms with Gasteiger partial charge in [-0.2, -0.15) is 5.10 Å². The van der Waals surface area contributed by atoms with Crippen LogP contribution in [-0.4, -0.2) is 67.1 Å². The minimum atomic E-state index is -1.37. The second-order valence-corrected chi connectivity index (χ2v) is 14.4. The Balaban J connectivity index is 1.24. The number of hydrogen-bond acceptors (Lipinski definition) is 7. The summed E-state index contributed by atoms with van der Waals surface area (Å²) in [6.45, 7) is 7.45. The maximum absolute atomic E-state index is 16.5. The SMILES string of the molecule is CC1(C)O[C@@H]2C[C@H]3[C@@H]4C[C@H](F)C5=Cc6c(cnn6Cc6cncc(CCl)c6)C[C@]5(C)[C@H]4[C@@H](O)C[C@]3(C)[C@]2(C(=O)CO)O1. The Hall–Kier alpha value is -2.17. The predicted octanol–water partition coefficient (Wildman–Crippen LogP) is 4.23. The molecule has 226 valence electrons. The normalized spacial score (nSPS) is 41.3. The summed E-state index contributed by atoms with van der Waals surface area (Å²) in [6.07, 6.45) is 6.49. The average Bonchev–Trinajstić information content (AvgIpc) is 3.52. The lowest BCUT2D eigenvalue weighted by molar-refractivity contribution is -0.228. The van der Waals surface area contributed by atoms with Crippen LogP contribution in [0.25, 0.3) is 6.08 Å². The van der Waals surface area contributed by atoms with Gasteiger partial charge in [0.05, 0.1) is 30.6 Å². The van der Waals surface area contributed by atoms with E-state index in [-0.39, 0.29) is 24.2 Å². The molecule has 0 unspecified atom stereocenters. The minimum absolute atomic E-state index is 0.107. The van der Waals surface area contributed by atoms with Gasteiger partial charge in [0.2, 0.25) is 0 Å². The largest absolute Gasteiger partial charge is 0.393 e. The Morgan fingerprint density at radius 3 is 2.69 bits per heavy atom. The van der Waals surface area contributed by atoms with Gasteiger partial charge in [-0.15, -0.1) is 11.6 Å². The third kappa shape index (κ3) is 3.76. The zero-order valence-corrected chi connectivity index (χ0v) is 25.3. The third-order valence-corrected chi connectivity index (χ3v) is 11.7. The molecule has 42 heavy (non-hydrogen) atoms. The van der Waals surface area contributed by atoms with E-state index in [1.54, 1.807) is 26.2 Å². The molecule has 4 aliphatic carbocycles. The fourth-order valence-electron chi connectivity index (χ4n) is 9.97. The topological polar surface area (TPSA) is 107 Å². The van der Waals surface area contributed by atoms with E-state index in [4.69, 9.17) is 21.1 Å². The van der Waals surface area contributed by atoms with Crippen LogP contribution in [0.2, 0.25) is 0 Å². The van der Waals surface area contributed by atoms with Gasteiger partial charge in [-0.1, -0.05) is 13.8 Å². The van der Waals surface area contributed by atoms with Crippen molar-refractivity contribution < 1.29 is 28.9 Å². The van der Waals surface area contributed by atoms with E-state index in [1.165, 1.54) is 0 Å². The quantitative estimate of drug-likeness (QED) is 0.496. The molecule has 3 saturated carbocycles. The Labute approximate surface area is 250 Å². The Kier molecular flexibility index (Phi) is 6.41. The molecule has 9 atom stereocenters. The van der Waals surface area contributed by atoms with Crippen LogP contribution in [0.15, 0.2) is 30.2 Å². The molecule has 5 aliphatic rings. The summed E-state index contributed by atoms with van der Waals surface area (Å²) < 4.78 is 31.0. The summed E-state index contributed by atoms with van der Waals surface area (Å²) in [5.74, 6) is -1.53. The molecule has 8 nitrogen and oxygen atoms in total.